The van der Waals surface area contributed by atoms with Gasteiger partial charge in [-0.15, -0.1) is 0 Å². The molecule has 8 nitrogen and oxygen atoms in total. The Morgan fingerprint density at radius 3 is 2.34 bits per heavy atom. The summed E-state index contributed by atoms with van der Waals surface area (Å²) in [6, 6.07) is 14.9. The van der Waals surface area contributed by atoms with E-state index in [1.54, 1.807) is 46.1 Å². The van der Waals surface area contributed by atoms with Crippen molar-refractivity contribution in [2.45, 2.75) is 45.8 Å². The fraction of sp³-hybridized carbons (Fsp3) is 0.375. The number of carbonyl (C=O) groups excluding carboxylic acids is 3. The zero-order valence-corrected chi connectivity index (χ0v) is 19.0. The maximum Gasteiger partial charge on any atom is 0.408 e. The molecular formula is C24H31N3O5. The first-order chi connectivity index (χ1) is 15.1. The summed E-state index contributed by atoms with van der Waals surface area (Å²) in [5.74, 6) is 0.318. The molecular weight excluding hydrogens is 410 g/mol. The third-order valence-electron chi connectivity index (χ3n) is 4.27. The summed E-state index contributed by atoms with van der Waals surface area (Å²) in [6.45, 7) is 5.32. The molecule has 2 rings (SSSR count). The summed E-state index contributed by atoms with van der Waals surface area (Å²) in [4.78, 5) is 35.9. The van der Waals surface area contributed by atoms with Crippen LogP contribution in [0.1, 0.15) is 38.3 Å². The van der Waals surface area contributed by atoms with E-state index in [0.29, 0.717) is 18.5 Å². The molecule has 0 spiro atoms. The Balaban J connectivity index is 1.77. The minimum atomic E-state index is -0.647. The van der Waals surface area contributed by atoms with Crippen LogP contribution in [0.5, 0.6) is 5.75 Å². The van der Waals surface area contributed by atoms with Gasteiger partial charge in [-0.1, -0.05) is 24.3 Å². The highest BCUT2D eigenvalue weighted by Gasteiger charge is 2.16. The smallest absolute Gasteiger partial charge is 0.408 e. The molecule has 0 radical (unpaired) electrons. The van der Waals surface area contributed by atoms with Crippen molar-refractivity contribution in [2.24, 2.45) is 0 Å². The normalized spacial score (nSPS) is 10.8. The molecule has 0 aliphatic carbocycles. The molecule has 8 heteroatoms. The maximum absolute atomic E-state index is 12.3. The van der Waals surface area contributed by atoms with Crippen molar-refractivity contribution in [3.05, 3.63) is 59.7 Å². The van der Waals surface area contributed by atoms with Gasteiger partial charge in [-0.25, -0.2) is 4.79 Å². The standard InChI is InChI=1S/C24H31N3O5/c1-24(2,3)32-23(30)26-16-22(29)25-15-18-8-5-9-19(13-18)27-21(28)12-11-17-7-6-10-20(14-17)31-4/h5-10,13-14H,11-12,15-16H2,1-4H3,(H,25,29)(H,26,30)(H,27,28). The number of aryl methyl sites for hydroxylation is 1. The van der Waals surface area contributed by atoms with Crippen molar-refractivity contribution in [3.63, 3.8) is 0 Å². The van der Waals surface area contributed by atoms with Crippen molar-refractivity contribution in [1.82, 2.24) is 10.6 Å². The summed E-state index contributed by atoms with van der Waals surface area (Å²) in [6.07, 6.45) is 0.291. The van der Waals surface area contributed by atoms with Gasteiger partial charge in [0.25, 0.3) is 0 Å². The predicted octanol–water partition coefficient (Wildman–Crippen LogP) is 3.41. The van der Waals surface area contributed by atoms with Gasteiger partial charge >= 0.3 is 6.09 Å². The Bertz CT molecular complexity index is 937. The first kappa shape index (κ1) is 24.7. The number of amides is 3. The quantitative estimate of drug-likeness (QED) is 0.553. The van der Waals surface area contributed by atoms with Crippen LogP contribution in [0.25, 0.3) is 0 Å². The number of carbonyl (C=O) groups is 3. The molecule has 3 N–H and O–H groups in total. The summed E-state index contributed by atoms with van der Waals surface area (Å²) < 4.78 is 10.3. The topological polar surface area (TPSA) is 106 Å². The van der Waals surface area contributed by atoms with Crippen molar-refractivity contribution in [1.29, 1.82) is 0 Å². The first-order valence-electron chi connectivity index (χ1n) is 10.4. The lowest BCUT2D eigenvalue weighted by molar-refractivity contribution is -0.120. The molecule has 172 valence electrons. The van der Waals surface area contributed by atoms with Crippen LogP contribution in [0.2, 0.25) is 0 Å². The predicted molar refractivity (Wildman–Crippen MR) is 122 cm³/mol. The van der Waals surface area contributed by atoms with E-state index in [2.05, 4.69) is 16.0 Å². The van der Waals surface area contributed by atoms with Crippen LogP contribution < -0.4 is 20.7 Å². The van der Waals surface area contributed by atoms with Gasteiger partial charge in [0.1, 0.15) is 17.9 Å². The van der Waals surface area contributed by atoms with Crippen LogP contribution in [0.4, 0.5) is 10.5 Å². The Morgan fingerprint density at radius 1 is 0.906 bits per heavy atom. The highest BCUT2D eigenvalue weighted by atomic mass is 16.6. The molecule has 2 aromatic rings. The van der Waals surface area contributed by atoms with Crippen LogP contribution in [0, 0.1) is 0 Å². The molecule has 0 fully saturated rings. The molecule has 0 aliphatic rings. The molecule has 0 aromatic heterocycles. The van der Waals surface area contributed by atoms with Gasteiger partial charge < -0.3 is 25.4 Å². The zero-order valence-electron chi connectivity index (χ0n) is 19.0. The van der Waals surface area contributed by atoms with Gasteiger partial charge in [0.15, 0.2) is 0 Å². The minimum absolute atomic E-state index is 0.101. The number of anilines is 1. The average molecular weight is 442 g/mol. The van der Waals surface area contributed by atoms with E-state index in [1.165, 1.54) is 0 Å². The summed E-state index contributed by atoms with van der Waals surface area (Å²) in [5.41, 5.74) is 1.87. The molecule has 0 heterocycles. The number of ether oxygens (including phenoxy) is 2. The van der Waals surface area contributed by atoms with Crippen molar-refractivity contribution in [2.75, 3.05) is 19.0 Å². The fourth-order valence-corrected chi connectivity index (χ4v) is 2.80. The molecule has 0 atom stereocenters. The van der Waals surface area contributed by atoms with Crippen LogP contribution in [-0.4, -0.2) is 37.2 Å². The molecule has 0 saturated carbocycles. The first-order valence-corrected chi connectivity index (χ1v) is 10.4. The van der Waals surface area contributed by atoms with Crippen LogP contribution in [-0.2, 0) is 27.3 Å². The third kappa shape index (κ3) is 9.51. The Kier molecular flexibility index (Phi) is 9.07. The summed E-state index contributed by atoms with van der Waals surface area (Å²) >= 11 is 0. The Morgan fingerprint density at radius 2 is 1.62 bits per heavy atom. The molecule has 32 heavy (non-hydrogen) atoms. The molecule has 0 bridgehead atoms. The number of nitrogens with one attached hydrogen (secondary N) is 3. The maximum atomic E-state index is 12.3. The highest BCUT2D eigenvalue weighted by Crippen LogP contribution is 2.15. The van der Waals surface area contributed by atoms with E-state index in [1.807, 2.05) is 30.3 Å². The Hall–Kier alpha value is -3.55. The van der Waals surface area contributed by atoms with E-state index in [0.717, 1.165) is 16.9 Å². The third-order valence-corrected chi connectivity index (χ3v) is 4.27. The number of methoxy groups -OCH3 is 1. The van der Waals surface area contributed by atoms with E-state index in [9.17, 15) is 14.4 Å². The summed E-state index contributed by atoms with van der Waals surface area (Å²) in [7, 11) is 1.61. The lowest BCUT2D eigenvalue weighted by Crippen LogP contribution is -2.39. The fourth-order valence-electron chi connectivity index (χ4n) is 2.80. The van der Waals surface area contributed by atoms with Crippen molar-refractivity contribution >= 4 is 23.6 Å². The highest BCUT2D eigenvalue weighted by molar-refractivity contribution is 5.91. The van der Waals surface area contributed by atoms with Crippen LogP contribution >= 0.6 is 0 Å². The van der Waals surface area contributed by atoms with Gasteiger partial charge in [-0.05, 0) is 62.6 Å². The second-order valence-electron chi connectivity index (χ2n) is 8.23. The monoisotopic (exact) mass is 441 g/mol. The number of rotatable bonds is 9. The SMILES string of the molecule is COc1cccc(CCC(=O)Nc2cccc(CNC(=O)CNC(=O)OC(C)(C)C)c2)c1. The molecule has 2 aromatic carbocycles. The van der Waals surface area contributed by atoms with E-state index < -0.39 is 11.7 Å². The van der Waals surface area contributed by atoms with Gasteiger partial charge in [0, 0.05) is 18.7 Å². The lowest BCUT2D eigenvalue weighted by Gasteiger charge is -2.19. The molecule has 0 aliphatic heterocycles. The zero-order chi connectivity index (χ0) is 23.6. The number of benzene rings is 2. The van der Waals surface area contributed by atoms with Gasteiger partial charge in [-0.3, -0.25) is 9.59 Å². The van der Waals surface area contributed by atoms with Crippen molar-refractivity contribution < 1.29 is 23.9 Å². The van der Waals surface area contributed by atoms with Crippen LogP contribution in [0.15, 0.2) is 48.5 Å². The summed E-state index contributed by atoms with van der Waals surface area (Å²) in [5, 5.41) is 8.00. The number of hydrogen-bond donors (Lipinski definition) is 3. The van der Waals surface area contributed by atoms with Crippen LogP contribution in [0.3, 0.4) is 0 Å². The van der Waals surface area contributed by atoms with Gasteiger partial charge in [-0.2, -0.15) is 0 Å². The van der Waals surface area contributed by atoms with E-state index in [4.69, 9.17) is 9.47 Å². The van der Waals surface area contributed by atoms with Crippen molar-refractivity contribution in [3.8, 4) is 5.75 Å². The Labute approximate surface area is 188 Å². The molecule has 3 amide bonds. The van der Waals surface area contributed by atoms with Gasteiger partial charge in [0.05, 0.1) is 7.11 Å². The largest absolute Gasteiger partial charge is 0.497 e. The molecule has 0 unspecified atom stereocenters. The number of hydrogen-bond acceptors (Lipinski definition) is 5. The van der Waals surface area contributed by atoms with E-state index in [-0.39, 0.29) is 24.9 Å². The van der Waals surface area contributed by atoms with E-state index >= 15 is 0 Å². The molecule has 0 saturated heterocycles. The minimum Gasteiger partial charge on any atom is -0.497 e. The van der Waals surface area contributed by atoms with Gasteiger partial charge in [0.2, 0.25) is 11.8 Å². The number of alkyl carbamates (subject to hydrolysis) is 1. The average Bonchev–Trinajstić information content (AvgIpc) is 2.74. The second-order valence-corrected chi connectivity index (χ2v) is 8.23. The lowest BCUT2D eigenvalue weighted by atomic mass is 10.1. The second kappa shape index (κ2) is 11.7.